The first kappa shape index (κ1) is 18.4. The molecule has 0 spiro atoms. The number of nitrogens with zero attached hydrogens (tertiary/aromatic N) is 2. The van der Waals surface area contributed by atoms with Crippen LogP contribution in [0.2, 0.25) is 0 Å². The molecular weight excluding hydrogens is 350 g/mol. The molecule has 0 bridgehead atoms. The lowest BCUT2D eigenvalue weighted by molar-refractivity contribution is 0.0747. The summed E-state index contributed by atoms with van der Waals surface area (Å²) in [6.07, 6.45) is 3.00. The molecule has 7 heteroatoms. The van der Waals surface area contributed by atoms with E-state index in [-0.39, 0.29) is 23.5 Å². The molecule has 1 aromatic carbocycles. The van der Waals surface area contributed by atoms with E-state index in [1.807, 2.05) is 12.1 Å². The van der Waals surface area contributed by atoms with Gasteiger partial charge in [-0.1, -0.05) is 19.1 Å². The van der Waals surface area contributed by atoms with Crippen molar-refractivity contribution < 1.29 is 13.2 Å². The summed E-state index contributed by atoms with van der Waals surface area (Å²) >= 11 is 0. The van der Waals surface area contributed by atoms with E-state index < -0.39 is 9.84 Å². The second kappa shape index (κ2) is 7.45. The molecule has 1 atom stereocenters. The van der Waals surface area contributed by atoms with Crippen molar-refractivity contribution in [2.45, 2.75) is 25.8 Å². The fourth-order valence-corrected chi connectivity index (χ4v) is 4.79. The van der Waals surface area contributed by atoms with E-state index in [1.165, 1.54) is 16.7 Å². The van der Waals surface area contributed by atoms with Crippen LogP contribution in [0.4, 0.5) is 11.5 Å². The molecule has 1 unspecified atom stereocenters. The Balaban J connectivity index is 1.65. The maximum atomic E-state index is 12.6. The number of benzene rings is 1. The Kier molecular flexibility index (Phi) is 5.27. The predicted molar refractivity (Wildman–Crippen MR) is 102 cm³/mol. The van der Waals surface area contributed by atoms with E-state index in [2.05, 4.69) is 29.4 Å². The van der Waals surface area contributed by atoms with Gasteiger partial charge in [-0.2, -0.15) is 0 Å². The van der Waals surface area contributed by atoms with Crippen LogP contribution in [-0.4, -0.2) is 48.8 Å². The number of aryl methyl sites for hydroxylation is 1. The molecule has 0 radical (unpaired) electrons. The van der Waals surface area contributed by atoms with Crippen LogP contribution in [0.15, 0.2) is 42.6 Å². The van der Waals surface area contributed by atoms with Crippen molar-refractivity contribution >= 4 is 27.2 Å². The molecule has 2 heterocycles. The zero-order chi connectivity index (χ0) is 18.7. The second-order valence-electron chi connectivity index (χ2n) is 6.58. The van der Waals surface area contributed by atoms with Gasteiger partial charge in [0.15, 0.2) is 9.84 Å². The van der Waals surface area contributed by atoms with Crippen molar-refractivity contribution in [3.8, 4) is 0 Å². The zero-order valence-electron chi connectivity index (χ0n) is 15.0. The highest BCUT2D eigenvalue weighted by Gasteiger charge is 2.33. The molecule has 6 nitrogen and oxygen atoms in total. The topological polar surface area (TPSA) is 79.4 Å². The lowest BCUT2D eigenvalue weighted by Crippen LogP contribution is -2.37. The summed E-state index contributed by atoms with van der Waals surface area (Å²) in [6.45, 7) is 2.11. The van der Waals surface area contributed by atoms with Crippen molar-refractivity contribution in [1.82, 2.24) is 9.88 Å². The summed E-state index contributed by atoms with van der Waals surface area (Å²) in [5.74, 6) is 0.624. The summed E-state index contributed by atoms with van der Waals surface area (Å²) in [6, 6.07) is 11.3. The maximum Gasteiger partial charge on any atom is 0.255 e. The molecule has 3 rings (SSSR count). The van der Waals surface area contributed by atoms with Crippen LogP contribution in [0.1, 0.15) is 29.3 Å². The van der Waals surface area contributed by atoms with Crippen LogP contribution in [0, 0.1) is 0 Å². The van der Waals surface area contributed by atoms with Crippen LogP contribution in [-0.2, 0) is 16.3 Å². The van der Waals surface area contributed by atoms with Crippen LogP contribution in [0.3, 0.4) is 0 Å². The molecule has 1 N–H and O–H groups in total. The minimum atomic E-state index is -3.02. The third-order valence-electron chi connectivity index (χ3n) is 4.72. The molecule has 1 aromatic heterocycles. The lowest BCUT2D eigenvalue weighted by Gasteiger charge is -2.23. The van der Waals surface area contributed by atoms with Crippen LogP contribution >= 0.6 is 0 Å². The molecule has 1 fully saturated rings. The van der Waals surface area contributed by atoms with Gasteiger partial charge >= 0.3 is 0 Å². The van der Waals surface area contributed by atoms with E-state index in [9.17, 15) is 13.2 Å². The maximum absolute atomic E-state index is 12.6. The Morgan fingerprint density at radius 3 is 2.50 bits per heavy atom. The van der Waals surface area contributed by atoms with Crippen molar-refractivity contribution in [3.05, 3.63) is 53.7 Å². The molecule has 2 aromatic rings. The Bertz CT molecular complexity index is 877. The summed E-state index contributed by atoms with van der Waals surface area (Å²) in [5, 5.41) is 3.20. The van der Waals surface area contributed by atoms with Gasteiger partial charge in [-0.15, -0.1) is 0 Å². The standard InChI is InChI=1S/C19H23N3O3S/c1-3-14-4-7-16(8-5-14)21-18-9-6-15(12-20-18)19(23)22(2)17-10-11-26(24,25)13-17/h4-9,12,17H,3,10-11,13H2,1-2H3,(H,20,21). The van der Waals surface area contributed by atoms with Gasteiger partial charge in [-0.05, 0) is 42.7 Å². The average molecular weight is 373 g/mol. The number of pyridine rings is 1. The first-order valence-corrected chi connectivity index (χ1v) is 10.5. The van der Waals surface area contributed by atoms with E-state index in [1.54, 1.807) is 19.2 Å². The van der Waals surface area contributed by atoms with Crippen molar-refractivity contribution in [2.24, 2.45) is 0 Å². The van der Waals surface area contributed by atoms with Gasteiger partial charge in [-0.25, -0.2) is 13.4 Å². The van der Waals surface area contributed by atoms with E-state index >= 15 is 0 Å². The Morgan fingerprint density at radius 2 is 1.96 bits per heavy atom. The quantitative estimate of drug-likeness (QED) is 0.872. The molecular formula is C19H23N3O3S. The molecule has 26 heavy (non-hydrogen) atoms. The van der Waals surface area contributed by atoms with Gasteiger partial charge in [-0.3, -0.25) is 4.79 Å². The summed E-state index contributed by atoms with van der Waals surface area (Å²) in [4.78, 5) is 18.4. The number of nitrogens with one attached hydrogen (secondary N) is 1. The number of rotatable bonds is 5. The summed E-state index contributed by atoms with van der Waals surface area (Å²) in [5.41, 5.74) is 2.65. The number of hydrogen-bond donors (Lipinski definition) is 1. The van der Waals surface area contributed by atoms with Crippen molar-refractivity contribution in [3.63, 3.8) is 0 Å². The molecule has 1 aliphatic heterocycles. The normalized spacial score (nSPS) is 18.5. The zero-order valence-corrected chi connectivity index (χ0v) is 15.8. The first-order valence-electron chi connectivity index (χ1n) is 8.67. The highest BCUT2D eigenvalue weighted by Crippen LogP contribution is 2.20. The first-order chi connectivity index (χ1) is 12.4. The second-order valence-corrected chi connectivity index (χ2v) is 8.81. The minimum Gasteiger partial charge on any atom is -0.340 e. The number of sulfone groups is 1. The highest BCUT2D eigenvalue weighted by atomic mass is 32.2. The number of carbonyl (C=O) groups excluding carboxylic acids is 1. The van der Waals surface area contributed by atoms with Crippen molar-refractivity contribution in [1.29, 1.82) is 0 Å². The minimum absolute atomic E-state index is 0.0378. The number of carbonyl (C=O) groups is 1. The molecule has 0 aliphatic carbocycles. The summed E-state index contributed by atoms with van der Waals surface area (Å²) in [7, 11) is -1.37. The lowest BCUT2D eigenvalue weighted by atomic mass is 10.1. The van der Waals surface area contributed by atoms with Gasteiger partial charge in [0, 0.05) is 25.0 Å². The predicted octanol–water partition coefficient (Wildman–Crippen LogP) is 2.65. The van der Waals surface area contributed by atoms with Crippen LogP contribution in [0.25, 0.3) is 0 Å². The van der Waals surface area contributed by atoms with Gasteiger partial charge in [0.2, 0.25) is 0 Å². The number of hydrogen-bond acceptors (Lipinski definition) is 5. The fourth-order valence-electron chi connectivity index (χ4n) is 3.02. The highest BCUT2D eigenvalue weighted by molar-refractivity contribution is 7.91. The van der Waals surface area contributed by atoms with Gasteiger partial charge in [0.05, 0.1) is 17.1 Å². The molecule has 138 valence electrons. The Hall–Kier alpha value is -2.41. The number of anilines is 2. The monoisotopic (exact) mass is 373 g/mol. The van der Waals surface area contributed by atoms with Gasteiger partial charge in [0.25, 0.3) is 5.91 Å². The van der Waals surface area contributed by atoms with E-state index in [0.717, 1.165) is 12.1 Å². The van der Waals surface area contributed by atoms with Crippen molar-refractivity contribution in [2.75, 3.05) is 23.9 Å². The average Bonchev–Trinajstić information content (AvgIpc) is 3.01. The molecule has 1 amide bonds. The van der Waals surface area contributed by atoms with Gasteiger partial charge < -0.3 is 10.2 Å². The smallest absolute Gasteiger partial charge is 0.255 e. The number of aromatic nitrogens is 1. The van der Waals surface area contributed by atoms with Gasteiger partial charge in [0.1, 0.15) is 5.82 Å². The molecule has 1 aliphatic rings. The largest absolute Gasteiger partial charge is 0.340 e. The molecule has 0 saturated carbocycles. The fraction of sp³-hybridized carbons (Fsp3) is 0.368. The number of amides is 1. The molecule has 1 saturated heterocycles. The third kappa shape index (κ3) is 4.22. The SMILES string of the molecule is CCc1ccc(Nc2ccc(C(=O)N(C)C3CCS(=O)(=O)C3)cn2)cc1. The van der Waals surface area contributed by atoms with Crippen LogP contribution in [0.5, 0.6) is 0 Å². The Labute approximate surface area is 154 Å². The van der Waals surface area contributed by atoms with E-state index in [0.29, 0.717) is 17.8 Å². The third-order valence-corrected chi connectivity index (χ3v) is 6.47. The Morgan fingerprint density at radius 1 is 1.23 bits per heavy atom. The van der Waals surface area contributed by atoms with Crippen LogP contribution < -0.4 is 5.32 Å². The van der Waals surface area contributed by atoms with E-state index in [4.69, 9.17) is 0 Å². The summed E-state index contributed by atoms with van der Waals surface area (Å²) < 4.78 is 23.2.